The number of hydrogen-bond donors (Lipinski definition) is 1. The summed E-state index contributed by atoms with van der Waals surface area (Å²) in [6.07, 6.45) is 2.55. The van der Waals surface area contributed by atoms with Crippen molar-refractivity contribution < 1.29 is 27.4 Å². The monoisotopic (exact) mass is 555 g/mol. The highest BCUT2D eigenvalue weighted by Crippen LogP contribution is 2.40. The molecule has 40 heavy (non-hydrogen) atoms. The first kappa shape index (κ1) is 27.5. The molecule has 0 aliphatic carbocycles. The molecule has 210 valence electrons. The van der Waals surface area contributed by atoms with Crippen molar-refractivity contribution in [1.82, 2.24) is 14.5 Å². The lowest BCUT2D eigenvalue weighted by molar-refractivity contribution is -0.0486. The molecular weight excluding hydrogens is 527 g/mol. The van der Waals surface area contributed by atoms with Crippen LogP contribution < -0.4 is 10.9 Å². The van der Waals surface area contributed by atoms with Crippen molar-refractivity contribution in [3.05, 3.63) is 64.0 Å². The molecule has 5 rings (SSSR count). The second-order valence-electron chi connectivity index (χ2n) is 11.1. The molecular formula is C28H28F3N5O4. The number of rotatable bonds is 3. The smallest absolute Gasteiger partial charge is 0.410 e. The van der Waals surface area contributed by atoms with E-state index < -0.39 is 51.5 Å². The summed E-state index contributed by atoms with van der Waals surface area (Å²) < 4.78 is 57.0. The number of benzene rings is 2. The first-order valence-electron chi connectivity index (χ1n) is 12.9. The number of carbonyl (C=O) groups is 1. The topological polar surface area (TPSA) is 109 Å². The van der Waals surface area contributed by atoms with Gasteiger partial charge in [0.25, 0.3) is 5.56 Å². The fraction of sp³-hybridized carbons (Fsp3) is 0.429. The van der Waals surface area contributed by atoms with E-state index in [-0.39, 0.29) is 29.3 Å². The van der Waals surface area contributed by atoms with E-state index in [4.69, 9.17) is 9.47 Å². The maximum absolute atomic E-state index is 15.6. The van der Waals surface area contributed by atoms with Gasteiger partial charge in [0.05, 0.1) is 41.5 Å². The lowest BCUT2D eigenvalue weighted by Gasteiger charge is -2.39. The zero-order valence-electron chi connectivity index (χ0n) is 22.3. The minimum atomic E-state index is -1.00. The molecule has 0 saturated carbocycles. The zero-order chi connectivity index (χ0) is 28.8. The number of anilines is 2. The van der Waals surface area contributed by atoms with Crippen molar-refractivity contribution in [2.45, 2.75) is 57.3 Å². The van der Waals surface area contributed by atoms with Gasteiger partial charge >= 0.3 is 6.09 Å². The molecule has 0 radical (unpaired) electrons. The van der Waals surface area contributed by atoms with Crippen LogP contribution in [0.25, 0.3) is 10.9 Å². The molecule has 3 aromatic rings. The fourth-order valence-corrected chi connectivity index (χ4v) is 5.23. The van der Waals surface area contributed by atoms with E-state index >= 15 is 4.39 Å². The molecule has 12 heteroatoms. The number of hydrogen-bond acceptors (Lipinski definition) is 7. The second-order valence-corrected chi connectivity index (χ2v) is 11.1. The van der Waals surface area contributed by atoms with Gasteiger partial charge in [-0.25, -0.2) is 22.9 Å². The number of aromatic nitrogens is 2. The minimum absolute atomic E-state index is 0.0869. The predicted octanol–water partition coefficient (Wildman–Crippen LogP) is 5.16. The van der Waals surface area contributed by atoms with E-state index in [0.717, 1.165) is 12.1 Å². The summed E-state index contributed by atoms with van der Waals surface area (Å²) in [6, 6.07) is 5.40. The molecule has 1 aromatic heterocycles. The summed E-state index contributed by atoms with van der Waals surface area (Å²) >= 11 is 0. The van der Waals surface area contributed by atoms with Gasteiger partial charge in [-0.1, -0.05) is 0 Å². The number of ether oxygens (including phenoxy) is 2. The number of likely N-dealkylation sites (tertiary alicyclic amines) is 1. The molecule has 2 fully saturated rings. The average Bonchev–Trinajstić information content (AvgIpc) is 3.30. The number of nitriles is 1. The molecule has 1 atom stereocenters. The summed E-state index contributed by atoms with van der Waals surface area (Å²) in [6.45, 7) is 6.51. The molecule has 2 aliphatic heterocycles. The molecule has 1 spiro atoms. The Morgan fingerprint density at radius 1 is 1.18 bits per heavy atom. The van der Waals surface area contributed by atoms with Crippen LogP contribution in [-0.4, -0.2) is 51.4 Å². The van der Waals surface area contributed by atoms with Crippen LogP contribution in [0.1, 0.15) is 51.6 Å². The van der Waals surface area contributed by atoms with E-state index in [1.54, 1.807) is 11.0 Å². The highest BCUT2D eigenvalue weighted by atomic mass is 19.1. The van der Waals surface area contributed by atoms with E-state index in [0.29, 0.717) is 32.4 Å². The Hall–Kier alpha value is -4.11. The summed E-state index contributed by atoms with van der Waals surface area (Å²) in [5, 5.41) is 11.3. The number of halogens is 3. The Balaban J connectivity index is 1.38. The van der Waals surface area contributed by atoms with Crippen molar-refractivity contribution in [3.63, 3.8) is 0 Å². The van der Waals surface area contributed by atoms with Crippen molar-refractivity contribution in [2.24, 2.45) is 0 Å². The SMILES string of the molecule is CC(C)(C)OC(=O)N1CCC2(CC1)CC(n1cnc3ccc(Nc4c(F)ccc(F)c4C#N)c(F)c3c1=O)CO2. The maximum Gasteiger partial charge on any atom is 0.410 e. The summed E-state index contributed by atoms with van der Waals surface area (Å²) in [7, 11) is 0. The third-order valence-electron chi connectivity index (χ3n) is 7.27. The molecule has 3 heterocycles. The van der Waals surface area contributed by atoms with Crippen LogP contribution in [0.2, 0.25) is 0 Å². The largest absolute Gasteiger partial charge is 0.444 e. The molecule has 2 aromatic carbocycles. The quantitative estimate of drug-likeness (QED) is 0.476. The molecule has 1 amide bonds. The molecule has 2 aliphatic rings. The molecule has 1 unspecified atom stereocenters. The summed E-state index contributed by atoms with van der Waals surface area (Å²) in [4.78, 5) is 31.8. The predicted molar refractivity (Wildman–Crippen MR) is 140 cm³/mol. The van der Waals surface area contributed by atoms with Gasteiger partial charge in [0, 0.05) is 13.1 Å². The maximum atomic E-state index is 15.6. The van der Waals surface area contributed by atoms with Gasteiger partial charge in [-0.05, 0) is 64.3 Å². The third-order valence-corrected chi connectivity index (χ3v) is 7.27. The number of piperidine rings is 1. The van der Waals surface area contributed by atoms with Gasteiger partial charge in [-0.2, -0.15) is 5.26 Å². The fourth-order valence-electron chi connectivity index (χ4n) is 5.23. The van der Waals surface area contributed by atoms with Gasteiger partial charge in [-0.3, -0.25) is 9.36 Å². The first-order chi connectivity index (χ1) is 18.9. The Bertz CT molecular complexity index is 1590. The average molecular weight is 556 g/mol. The number of carbonyl (C=O) groups excluding carboxylic acids is 1. The minimum Gasteiger partial charge on any atom is -0.444 e. The van der Waals surface area contributed by atoms with Crippen LogP contribution in [0.4, 0.5) is 29.3 Å². The van der Waals surface area contributed by atoms with Crippen LogP contribution in [0.3, 0.4) is 0 Å². The van der Waals surface area contributed by atoms with Crippen molar-refractivity contribution in [2.75, 3.05) is 25.0 Å². The molecule has 2 saturated heterocycles. The Morgan fingerprint density at radius 3 is 2.55 bits per heavy atom. The van der Waals surface area contributed by atoms with Crippen LogP contribution >= 0.6 is 0 Å². The number of nitrogens with zero attached hydrogens (tertiary/aromatic N) is 4. The second kappa shape index (κ2) is 10.1. The van der Waals surface area contributed by atoms with Crippen molar-refractivity contribution in [3.8, 4) is 6.07 Å². The number of fused-ring (bicyclic) bond motifs is 1. The first-order valence-corrected chi connectivity index (χ1v) is 12.9. The van der Waals surface area contributed by atoms with Crippen LogP contribution in [0, 0.1) is 28.8 Å². The highest BCUT2D eigenvalue weighted by molar-refractivity contribution is 5.84. The Kier molecular flexibility index (Phi) is 6.95. The van der Waals surface area contributed by atoms with Crippen LogP contribution in [0.5, 0.6) is 0 Å². The Morgan fingerprint density at radius 2 is 1.88 bits per heavy atom. The van der Waals surface area contributed by atoms with E-state index in [1.165, 1.54) is 23.0 Å². The van der Waals surface area contributed by atoms with Crippen LogP contribution in [-0.2, 0) is 9.47 Å². The standard InChI is InChI=1S/C28H28F3N5O4/c1-27(2,3)40-26(38)35-10-8-28(9-11-35)12-16(14-39-28)36-15-33-20-6-7-21(23(31)22(20)25(36)37)34-24-17(13-32)18(29)4-5-19(24)30/h4-7,15-16,34H,8-12,14H2,1-3H3. The van der Waals surface area contributed by atoms with Gasteiger partial charge in [0.1, 0.15) is 34.3 Å². The van der Waals surface area contributed by atoms with E-state index in [1.807, 2.05) is 20.8 Å². The lowest BCUT2D eigenvalue weighted by atomic mass is 9.87. The number of amides is 1. The molecule has 1 N–H and O–H groups in total. The van der Waals surface area contributed by atoms with Crippen LogP contribution in [0.15, 0.2) is 35.4 Å². The molecule has 0 bridgehead atoms. The van der Waals surface area contributed by atoms with Gasteiger partial charge in [0.15, 0.2) is 5.82 Å². The lowest BCUT2D eigenvalue weighted by Crippen LogP contribution is -2.48. The van der Waals surface area contributed by atoms with Crippen molar-refractivity contribution in [1.29, 1.82) is 5.26 Å². The normalized spacial score (nSPS) is 18.6. The van der Waals surface area contributed by atoms with Gasteiger partial charge < -0.3 is 19.7 Å². The summed E-state index contributed by atoms with van der Waals surface area (Å²) in [5.74, 6) is -2.92. The summed E-state index contributed by atoms with van der Waals surface area (Å²) in [5.41, 5.74) is -3.16. The Labute approximate surface area is 228 Å². The van der Waals surface area contributed by atoms with Gasteiger partial charge in [-0.15, -0.1) is 0 Å². The zero-order valence-corrected chi connectivity index (χ0v) is 22.3. The van der Waals surface area contributed by atoms with Gasteiger partial charge in [0.2, 0.25) is 0 Å². The highest BCUT2D eigenvalue weighted by Gasteiger charge is 2.45. The van der Waals surface area contributed by atoms with Crippen molar-refractivity contribution >= 4 is 28.4 Å². The third kappa shape index (κ3) is 5.09. The van der Waals surface area contributed by atoms with E-state index in [2.05, 4.69) is 10.3 Å². The molecule has 9 nitrogen and oxygen atoms in total. The van der Waals surface area contributed by atoms with E-state index in [9.17, 15) is 23.6 Å². The number of nitrogens with one attached hydrogen (secondary N) is 1.